The SMILES string of the molecule is CCCCCCCCOC(=O)OCN1C(=O)CCc2ccc(OCCCCN3CCN(c4cccc5ccccc45)CC3)nc21. The number of unbranched alkanes of at least 4 members (excludes halogenated alkanes) is 6. The Labute approximate surface area is 267 Å². The molecule has 1 saturated heterocycles. The molecule has 0 spiro atoms. The number of amides is 1. The molecule has 3 aromatic rings. The van der Waals surface area contributed by atoms with E-state index in [0.29, 0.717) is 37.8 Å². The maximum Gasteiger partial charge on any atom is 0.510 e. The molecule has 1 aromatic heterocycles. The number of fused-ring (bicyclic) bond motifs is 2. The van der Waals surface area contributed by atoms with Crippen molar-refractivity contribution in [2.75, 3.05) is 62.5 Å². The van der Waals surface area contributed by atoms with Crippen LogP contribution in [0.25, 0.3) is 10.8 Å². The Balaban J connectivity index is 1.01. The molecule has 1 amide bonds. The standard InChI is InChI=1S/C36H48N4O5/c1-2-3-4-5-6-10-27-44-36(42)45-28-40-34(41)20-18-30-17-19-33(37-35(30)40)43-26-11-9-21-38-22-24-39(25-23-38)32-16-12-14-29-13-7-8-15-31(29)32/h7-8,12-17,19H,2-6,9-11,18,20-28H2,1H3. The van der Waals surface area contributed by atoms with Crippen molar-refractivity contribution in [2.45, 2.75) is 71.1 Å². The minimum absolute atomic E-state index is 0.128. The van der Waals surface area contributed by atoms with Gasteiger partial charge in [-0.05, 0) is 55.3 Å². The highest BCUT2D eigenvalue weighted by Gasteiger charge is 2.27. The van der Waals surface area contributed by atoms with Crippen LogP contribution in [0.15, 0.2) is 54.6 Å². The monoisotopic (exact) mass is 616 g/mol. The second kappa shape index (κ2) is 17.0. The molecule has 1 fully saturated rings. The summed E-state index contributed by atoms with van der Waals surface area (Å²) >= 11 is 0. The van der Waals surface area contributed by atoms with Crippen LogP contribution in [0.3, 0.4) is 0 Å². The summed E-state index contributed by atoms with van der Waals surface area (Å²) in [5, 5.41) is 2.61. The van der Waals surface area contributed by atoms with Crippen molar-refractivity contribution in [2.24, 2.45) is 0 Å². The molecule has 0 aliphatic carbocycles. The number of aryl methyl sites for hydroxylation is 1. The number of anilines is 2. The van der Waals surface area contributed by atoms with Crippen molar-refractivity contribution in [1.29, 1.82) is 0 Å². The van der Waals surface area contributed by atoms with E-state index in [0.717, 1.165) is 70.4 Å². The summed E-state index contributed by atoms with van der Waals surface area (Å²) in [5.41, 5.74) is 2.27. The first-order valence-electron chi connectivity index (χ1n) is 16.8. The van der Waals surface area contributed by atoms with Gasteiger partial charge >= 0.3 is 6.16 Å². The topological polar surface area (TPSA) is 84.4 Å². The van der Waals surface area contributed by atoms with Crippen LogP contribution in [-0.2, 0) is 20.7 Å². The molecule has 2 aliphatic heterocycles. The summed E-state index contributed by atoms with van der Waals surface area (Å²) in [6, 6.07) is 19.0. The average molecular weight is 617 g/mol. The largest absolute Gasteiger partial charge is 0.510 e. The Morgan fingerprint density at radius 3 is 2.44 bits per heavy atom. The van der Waals surface area contributed by atoms with E-state index in [1.807, 2.05) is 12.1 Å². The zero-order chi connectivity index (χ0) is 31.3. The number of benzene rings is 2. The molecule has 0 unspecified atom stereocenters. The van der Waals surface area contributed by atoms with Crippen LogP contribution < -0.4 is 14.5 Å². The molecule has 3 heterocycles. The fourth-order valence-electron chi connectivity index (χ4n) is 6.10. The zero-order valence-electron chi connectivity index (χ0n) is 26.8. The molecule has 9 nitrogen and oxygen atoms in total. The van der Waals surface area contributed by atoms with Crippen molar-refractivity contribution >= 4 is 34.3 Å². The number of nitrogens with zero attached hydrogens (tertiary/aromatic N) is 4. The number of aromatic nitrogens is 1. The second-order valence-corrected chi connectivity index (χ2v) is 12.0. The van der Waals surface area contributed by atoms with Gasteiger partial charge in [0.25, 0.3) is 0 Å². The Morgan fingerprint density at radius 1 is 0.800 bits per heavy atom. The smallest absolute Gasteiger partial charge is 0.478 e. The Hall–Kier alpha value is -3.85. The molecule has 0 atom stereocenters. The Kier molecular flexibility index (Phi) is 12.3. The molecule has 0 bridgehead atoms. The van der Waals surface area contributed by atoms with Crippen molar-refractivity contribution in [1.82, 2.24) is 9.88 Å². The average Bonchev–Trinajstić information content (AvgIpc) is 3.07. The third-order valence-corrected chi connectivity index (χ3v) is 8.72. The number of hydrogen-bond acceptors (Lipinski definition) is 8. The lowest BCUT2D eigenvalue weighted by atomic mass is 10.1. The number of carbonyl (C=O) groups is 2. The summed E-state index contributed by atoms with van der Waals surface area (Å²) in [6.07, 6.45) is 8.79. The lowest BCUT2D eigenvalue weighted by molar-refractivity contribution is -0.119. The van der Waals surface area contributed by atoms with Crippen molar-refractivity contribution < 1.29 is 23.8 Å². The minimum Gasteiger partial charge on any atom is -0.478 e. The van der Waals surface area contributed by atoms with Gasteiger partial charge in [0, 0.05) is 49.7 Å². The fraction of sp³-hybridized carbons (Fsp3) is 0.528. The van der Waals surface area contributed by atoms with Gasteiger partial charge in [0.15, 0.2) is 6.73 Å². The molecule has 2 aliphatic rings. The summed E-state index contributed by atoms with van der Waals surface area (Å²) in [5.74, 6) is 0.843. The quantitative estimate of drug-likeness (QED) is 0.126. The van der Waals surface area contributed by atoms with Crippen LogP contribution in [0, 0.1) is 0 Å². The molecule has 2 aromatic carbocycles. The lowest BCUT2D eigenvalue weighted by Crippen LogP contribution is -2.46. The van der Waals surface area contributed by atoms with E-state index in [-0.39, 0.29) is 12.6 Å². The van der Waals surface area contributed by atoms with Crippen molar-refractivity contribution in [3.05, 3.63) is 60.2 Å². The molecule has 0 saturated carbocycles. The van der Waals surface area contributed by atoms with Crippen LogP contribution in [-0.4, -0.2) is 74.6 Å². The molecule has 9 heteroatoms. The number of rotatable bonds is 16. The van der Waals surface area contributed by atoms with Gasteiger partial charge in [0.1, 0.15) is 5.82 Å². The Bertz CT molecular complexity index is 1390. The van der Waals surface area contributed by atoms with Crippen LogP contribution in [0.2, 0.25) is 0 Å². The number of carbonyl (C=O) groups excluding carboxylic acids is 2. The summed E-state index contributed by atoms with van der Waals surface area (Å²) in [6.45, 7) is 8.05. The summed E-state index contributed by atoms with van der Waals surface area (Å²) < 4.78 is 16.4. The van der Waals surface area contributed by atoms with E-state index in [2.05, 4.69) is 64.2 Å². The third kappa shape index (κ3) is 9.33. The summed E-state index contributed by atoms with van der Waals surface area (Å²) in [7, 11) is 0. The number of piperazine rings is 1. The molecule has 5 rings (SSSR count). The van der Waals surface area contributed by atoms with Gasteiger partial charge in [-0.2, -0.15) is 4.98 Å². The third-order valence-electron chi connectivity index (χ3n) is 8.72. The van der Waals surface area contributed by atoms with Gasteiger partial charge in [-0.3, -0.25) is 14.6 Å². The van der Waals surface area contributed by atoms with Gasteiger partial charge in [-0.25, -0.2) is 4.79 Å². The van der Waals surface area contributed by atoms with Crippen LogP contribution >= 0.6 is 0 Å². The normalized spacial score (nSPS) is 15.3. The predicted molar refractivity (Wildman–Crippen MR) is 178 cm³/mol. The zero-order valence-corrected chi connectivity index (χ0v) is 26.8. The lowest BCUT2D eigenvalue weighted by Gasteiger charge is -2.36. The molecular formula is C36H48N4O5. The maximum atomic E-state index is 12.7. The number of ether oxygens (including phenoxy) is 3. The van der Waals surface area contributed by atoms with Gasteiger partial charge in [-0.15, -0.1) is 0 Å². The van der Waals surface area contributed by atoms with Gasteiger partial charge in [-0.1, -0.05) is 75.4 Å². The van der Waals surface area contributed by atoms with E-state index >= 15 is 0 Å². The highest BCUT2D eigenvalue weighted by Crippen LogP contribution is 2.29. The number of pyridine rings is 1. The first-order valence-corrected chi connectivity index (χ1v) is 16.8. The highest BCUT2D eigenvalue weighted by molar-refractivity contribution is 5.95. The molecular weight excluding hydrogens is 568 g/mol. The summed E-state index contributed by atoms with van der Waals surface area (Å²) in [4.78, 5) is 35.9. The van der Waals surface area contributed by atoms with Crippen molar-refractivity contribution in [3.8, 4) is 5.88 Å². The van der Waals surface area contributed by atoms with E-state index in [1.165, 1.54) is 40.6 Å². The molecule has 45 heavy (non-hydrogen) atoms. The number of hydrogen-bond donors (Lipinski definition) is 0. The van der Waals surface area contributed by atoms with Crippen LogP contribution in [0.1, 0.15) is 70.3 Å². The van der Waals surface area contributed by atoms with E-state index in [9.17, 15) is 9.59 Å². The first kappa shape index (κ1) is 32.5. The maximum absolute atomic E-state index is 12.7. The van der Waals surface area contributed by atoms with E-state index in [1.54, 1.807) is 0 Å². The minimum atomic E-state index is -0.758. The van der Waals surface area contributed by atoms with Crippen LogP contribution in [0.5, 0.6) is 5.88 Å². The van der Waals surface area contributed by atoms with Crippen molar-refractivity contribution in [3.63, 3.8) is 0 Å². The molecule has 0 N–H and O–H groups in total. The fourth-order valence-corrected chi connectivity index (χ4v) is 6.10. The van der Waals surface area contributed by atoms with Gasteiger partial charge < -0.3 is 19.1 Å². The predicted octanol–water partition coefficient (Wildman–Crippen LogP) is 6.97. The highest BCUT2D eigenvalue weighted by atomic mass is 16.7. The van der Waals surface area contributed by atoms with E-state index in [4.69, 9.17) is 14.2 Å². The second-order valence-electron chi connectivity index (χ2n) is 12.0. The Morgan fingerprint density at radius 2 is 1.58 bits per heavy atom. The van der Waals surface area contributed by atoms with E-state index < -0.39 is 6.16 Å². The molecule has 242 valence electrons. The van der Waals surface area contributed by atoms with Crippen LogP contribution in [0.4, 0.5) is 16.3 Å². The van der Waals surface area contributed by atoms with Gasteiger partial charge in [0.2, 0.25) is 11.8 Å². The molecule has 0 radical (unpaired) electrons. The van der Waals surface area contributed by atoms with Gasteiger partial charge in [0.05, 0.1) is 13.2 Å². The first-order chi connectivity index (χ1) is 22.1.